The Kier molecular flexibility index (Phi) is 3.53. The van der Waals surface area contributed by atoms with Gasteiger partial charge in [-0.05, 0) is 42.0 Å². The number of nitrogens with zero attached hydrogens (tertiary/aromatic N) is 1. The van der Waals surface area contributed by atoms with E-state index in [1.165, 1.54) is 10.9 Å². The highest BCUT2D eigenvalue weighted by Crippen LogP contribution is 2.35. The Balaban J connectivity index is 1.87. The number of aliphatic hydroxyl groups is 1. The summed E-state index contributed by atoms with van der Waals surface area (Å²) >= 11 is 1.70. The summed E-state index contributed by atoms with van der Waals surface area (Å²) in [5.74, 6) is -0.241. The molecular weight excluding hydrogens is 261 g/mol. The summed E-state index contributed by atoms with van der Waals surface area (Å²) in [6.45, 7) is 0.642. The van der Waals surface area contributed by atoms with E-state index in [9.17, 15) is 4.39 Å². The fourth-order valence-electron chi connectivity index (χ4n) is 2.25. The van der Waals surface area contributed by atoms with Gasteiger partial charge in [0.1, 0.15) is 5.82 Å². The fraction of sp³-hybridized carbons (Fsp3) is 0.333. The van der Waals surface area contributed by atoms with Crippen molar-refractivity contribution in [3.8, 4) is 0 Å². The molecule has 1 aliphatic rings. The van der Waals surface area contributed by atoms with E-state index in [0.717, 1.165) is 19.4 Å². The second-order valence-electron chi connectivity index (χ2n) is 4.88. The van der Waals surface area contributed by atoms with Crippen molar-refractivity contribution in [2.24, 2.45) is 0 Å². The van der Waals surface area contributed by atoms with Crippen LogP contribution >= 0.6 is 11.3 Å². The van der Waals surface area contributed by atoms with Gasteiger partial charge in [0.15, 0.2) is 0 Å². The molecule has 1 saturated carbocycles. The molecule has 4 heteroatoms. The van der Waals surface area contributed by atoms with E-state index in [0.29, 0.717) is 17.3 Å². The van der Waals surface area contributed by atoms with Gasteiger partial charge in [-0.1, -0.05) is 12.1 Å². The zero-order valence-corrected chi connectivity index (χ0v) is 11.4. The Bertz CT molecular complexity index is 551. The van der Waals surface area contributed by atoms with Gasteiger partial charge in [0.2, 0.25) is 0 Å². The standard InChI is InChI=1S/C15H16FNOS/c16-14-8-11(10-18)3-6-15(14)17(12-4-5-12)9-13-2-1-7-19-13/h1-3,6-8,12,18H,4-5,9-10H2. The van der Waals surface area contributed by atoms with Crippen LogP contribution < -0.4 is 4.90 Å². The van der Waals surface area contributed by atoms with Crippen molar-refractivity contribution in [1.29, 1.82) is 0 Å². The number of thiophene rings is 1. The first-order valence-corrected chi connectivity index (χ1v) is 7.34. The smallest absolute Gasteiger partial charge is 0.146 e. The van der Waals surface area contributed by atoms with Gasteiger partial charge in [0.05, 0.1) is 18.8 Å². The number of anilines is 1. The lowest BCUT2D eigenvalue weighted by molar-refractivity contribution is 0.281. The molecule has 1 aromatic carbocycles. The first-order valence-electron chi connectivity index (χ1n) is 6.46. The molecule has 0 unspecified atom stereocenters. The summed E-state index contributed by atoms with van der Waals surface area (Å²) in [6.07, 6.45) is 2.26. The monoisotopic (exact) mass is 277 g/mol. The normalized spacial score (nSPS) is 14.6. The molecule has 0 amide bonds. The van der Waals surface area contributed by atoms with Crippen LogP contribution in [0.4, 0.5) is 10.1 Å². The van der Waals surface area contributed by atoms with E-state index in [1.54, 1.807) is 23.5 Å². The SMILES string of the molecule is OCc1ccc(N(Cc2cccs2)C2CC2)c(F)c1. The lowest BCUT2D eigenvalue weighted by atomic mass is 10.2. The Morgan fingerprint density at radius 2 is 2.16 bits per heavy atom. The number of rotatable bonds is 5. The summed E-state index contributed by atoms with van der Waals surface area (Å²) < 4.78 is 14.2. The molecule has 0 aliphatic heterocycles. The summed E-state index contributed by atoms with van der Waals surface area (Å²) in [5, 5.41) is 11.1. The lowest BCUT2D eigenvalue weighted by Gasteiger charge is -2.24. The van der Waals surface area contributed by atoms with Gasteiger partial charge in [-0.25, -0.2) is 4.39 Å². The van der Waals surface area contributed by atoms with Gasteiger partial charge in [-0.15, -0.1) is 11.3 Å². The van der Waals surface area contributed by atoms with Crippen molar-refractivity contribution < 1.29 is 9.50 Å². The number of halogens is 1. The minimum Gasteiger partial charge on any atom is -0.392 e. The summed E-state index contributed by atoms with van der Waals surface area (Å²) in [6, 6.07) is 9.57. The quantitative estimate of drug-likeness (QED) is 0.903. The van der Waals surface area contributed by atoms with E-state index in [-0.39, 0.29) is 12.4 Å². The van der Waals surface area contributed by atoms with Gasteiger partial charge < -0.3 is 10.0 Å². The van der Waals surface area contributed by atoms with Gasteiger partial charge in [-0.2, -0.15) is 0 Å². The van der Waals surface area contributed by atoms with Crippen LogP contribution in [0, 0.1) is 5.82 Å². The van der Waals surface area contributed by atoms with Crippen molar-refractivity contribution in [2.75, 3.05) is 4.90 Å². The minimum atomic E-state index is -0.241. The minimum absolute atomic E-state index is 0.119. The predicted molar refractivity (Wildman–Crippen MR) is 75.8 cm³/mol. The number of benzene rings is 1. The molecule has 0 saturated heterocycles. The van der Waals surface area contributed by atoms with Crippen LogP contribution in [0.1, 0.15) is 23.3 Å². The average molecular weight is 277 g/mol. The van der Waals surface area contributed by atoms with Gasteiger partial charge in [0.25, 0.3) is 0 Å². The molecule has 2 aromatic rings. The predicted octanol–water partition coefficient (Wildman–Crippen LogP) is 3.55. The summed E-state index contributed by atoms with van der Waals surface area (Å²) in [4.78, 5) is 3.39. The molecule has 100 valence electrons. The van der Waals surface area contributed by atoms with Crippen molar-refractivity contribution in [3.05, 3.63) is 52.0 Å². The first kappa shape index (κ1) is 12.6. The van der Waals surface area contributed by atoms with Crippen LogP contribution in [0.15, 0.2) is 35.7 Å². The molecule has 1 heterocycles. The fourth-order valence-corrected chi connectivity index (χ4v) is 2.95. The first-order chi connectivity index (χ1) is 9.28. The van der Waals surface area contributed by atoms with Crippen LogP contribution in [-0.2, 0) is 13.2 Å². The van der Waals surface area contributed by atoms with Crippen molar-refractivity contribution in [3.63, 3.8) is 0 Å². The van der Waals surface area contributed by atoms with Crippen LogP contribution in [0.25, 0.3) is 0 Å². The van der Waals surface area contributed by atoms with E-state index in [4.69, 9.17) is 5.11 Å². The van der Waals surface area contributed by atoms with Crippen LogP contribution in [0.2, 0.25) is 0 Å². The van der Waals surface area contributed by atoms with Gasteiger partial charge in [-0.3, -0.25) is 0 Å². The lowest BCUT2D eigenvalue weighted by Crippen LogP contribution is -2.25. The molecule has 0 bridgehead atoms. The molecule has 1 fully saturated rings. The van der Waals surface area contributed by atoms with Crippen molar-refractivity contribution >= 4 is 17.0 Å². The number of hydrogen-bond acceptors (Lipinski definition) is 3. The topological polar surface area (TPSA) is 23.5 Å². The highest BCUT2D eigenvalue weighted by Gasteiger charge is 2.30. The maximum Gasteiger partial charge on any atom is 0.146 e. The second kappa shape index (κ2) is 5.31. The zero-order chi connectivity index (χ0) is 13.2. The molecular formula is C15H16FNOS. The van der Waals surface area contributed by atoms with Crippen LogP contribution in [0.3, 0.4) is 0 Å². The Hall–Kier alpha value is -1.39. The second-order valence-corrected chi connectivity index (χ2v) is 5.91. The van der Waals surface area contributed by atoms with Gasteiger partial charge >= 0.3 is 0 Å². The largest absolute Gasteiger partial charge is 0.392 e. The molecule has 2 nitrogen and oxygen atoms in total. The Labute approximate surface area is 116 Å². The van der Waals surface area contributed by atoms with Gasteiger partial charge in [0, 0.05) is 10.9 Å². The third-order valence-electron chi connectivity index (χ3n) is 3.40. The van der Waals surface area contributed by atoms with Crippen molar-refractivity contribution in [2.45, 2.75) is 32.0 Å². The molecule has 0 atom stereocenters. The molecule has 3 rings (SSSR count). The van der Waals surface area contributed by atoms with Crippen LogP contribution in [0.5, 0.6) is 0 Å². The number of aliphatic hydroxyl groups excluding tert-OH is 1. The van der Waals surface area contributed by atoms with E-state index < -0.39 is 0 Å². The molecule has 0 radical (unpaired) electrons. The van der Waals surface area contributed by atoms with E-state index >= 15 is 0 Å². The van der Waals surface area contributed by atoms with Crippen molar-refractivity contribution in [1.82, 2.24) is 0 Å². The summed E-state index contributed by atoms with van der Waals surface area (Å²) in [7, 11) is 0. The van der Waals surface area contributed by atoms with E-state index in [1.807, 2.05) is 11.4 Å². The number of hydrogen-bond donors (Lipinski definition) is 1. The molecule has 0 spiro atoms. The molecule has 19 heavy (non-hydrogen) atoms. The maximum absolute atomic E-state index is 14.2. The Morgan fingerprint density at radius 1 is 1.32 bits per heavy atom. The zero-order valence-electron chi connectivity index (χ0n) is 10.6. The maximum atomic E-state index is 14.2. The Morgan fingerprint density at radius 3 is 2.74 bits per heavy atom. The van der Waals surface area contributed by atoms with Crippen LogP contribution in [-0.4, -0.2) is 11.1 Å². The average Bonchev–Trinajstić information content (AvgIpc) is 3.14. The van der Waals surface area contributed by atoms with E-state index in [2.05, 4.69) is 11.0 Å². The molecule has 1 N–H and O–H groups in total. The highest BCUT2D eigenvalue weighted by molar-refractivity contribution is 7.09. The third-order valence-corrected chi connectivity index (χ3v) is 4.26. The molecule has 1 aliphatic carbocycles. The molecule has 1 aromatic heterocycles. The summed E-state index contributed by atoms with van der Waals surface area (Å²) in [5.41, 5.74) is 1.27. The highest BCUT2D eigenvalue weighted by atomic mass is 32.1. The third kappa shape index (κ3) is 2.80.